The van der Waals surface area contributed by atoms with Gasteiger partial charge in [0, 0.05) is 25.7 Å². The van der Waals surface area contributed by atoms with Gasteiger partial charge in [-0.05, 0) is 33.1 Å². The predicted molar refractivity (Wildman–Crippen MR) is 81.6 cm³/mol. The molecule has 2 atom stereocenters. The molecular formula is C15H32N2O3. The molecule has 0 bridgehead atoms. The Balaban J connectivity index is 4.84. The van der Waals surface area contributed by atoms with Crippen molar-refractivity contribution >= 4 is 5.97 Å². The molecule has 0 rings (SSSR count). The van der Waals surface area contributed by atoms with E-state index in [9.17, 15) is 4.79 Å². The van der Waals surface area contributed by atoms with Gasteiger partial charge in [-0.2, -0.15) is 0 Å². The quantitative estimate of drug-likeness (QED) is 0.621. The van der Waals surface area contributed by atoms with Gasteiger partial charge >= 0.3 is 5.97 Å². The summed E-state index contributed by atoms with van der Waals surface area (Å²) in [5.41, 5.74) is 5.14. The molecule has 0 aromatic carbocycles. The third kappa shape index (κ3) is 5.77. The maximum absolute atomic E-state index is 11.7. The Morgan fingerprint density at radius 1 is 1.30 bits per heavy atom. The number of esters is 1. The van der Waals surface area contributed by atoms with Crippen molar-refractivity contribution in [3.63, 3.8) is 0 Å². The van der Waals surface area contributed by atoms with E-state index in [0.717, 1.165) is 19.4 Å². The van der Waals surface area contributed by atoms with Gasteiger partial charge in [0.05, 0.1) is 13.7 Å². The molecule has 0 radical (unpaired) electrons. The van der Waals surface area contributed by atoms with Crippen molar-refractivity contribution in [2.45, 2.75) is 64.6 Å². The van der Waals surface area contributed by atoms with E-state index >= 15 is 0 Å². The fourth-order valence-corrected chi connectivity index (χ4v) is 2.76. The van der Waals surface area contributed by atoms with Gasteiger partial charge in [-0.15, -0.1) is 0 Å². The van der Waals surface area contributed by atoms with E-state index in [-0.39, 0.29) is 12.0 Å². The van der Waals surface area contributed by atoms with Crippen LogP contribution in [0.1, 0.15) is 47.0 Å². The van der Waals surface area contributed by atoms with E-state index in [2.05, 4.69) is 25.7 Å². The average molecular weight is 288 g/mol. The van der Waals surface area contributed by atoms with Crippen molar-refractivity contribution < 1.29 is 14.3 Å². The average Bonchev–Trinajstić information content (AvgIpc) is 2.41. The van der Waals surface area contributed by atoms with Crippen LogP contribution in [0, 0.1) is 0 Å². The Hall–Kier alpha value is -0.650. The van der Waals surface area contributed by atoms with E-state index in [1.807, 2.05) is 0 Å². The van der Waals surface area contributed by atoms with Gasteiger partial charge in [0.2, 0.25) is 0 Å². The molecule has 0 spiro atoms. The highest BCUT2D eigenvalue weighted by molar-refractivity contribution is 5.79. The Bertz CT molecular complexity index is 278. The molecule has 0 aliphatic heterocycles. The standard InChI is InChI=1S/C15H32N2O3/c1-7-13(8-2)17(9-10-19-5)12(3)11-15(4,16)14(18)20-6/h12-13H,7-11,16H2,1-6H3. The van der Waals surface area contributed by atoms with Gasteiger partial charge in [-0.25, -0.2) is 0 Å². The fraction of sp³-hybridized carbons (Fsp3) is 0.933. The molecular weight excluding hydrogens is 256 g/mol. The molecule has 2 unspecified atom stereocenters. The summed E-state index contributed by atoms with van der Waals surface area (Å²) in [4.78, 5) is 14.1. The molecule has 0 saturated heterocycles. The molecule has 120 valence electrons. The first-order valence-electron chi connectivity index (χ1n) is 7.45. The van der Waals surface area contributed by atoms with E-state index in [1.165, 1.54) is 7.11 Å². The first-order chi connectivity index (χ1) is 9.33. The van der Waals surface area contributed by atoms with E-state index in [0.29, 0.717) is 19.1 Å². The lowest BCUT2D eigenvalue weighted by molar-refractivity contribution is -0.147. The molecule has 5 heteroatoms. The van der Waals surface area contributed by atoms with Crippen LogP contribution < -0.4 is 5.73 Å². The number of hydrogen-bond acceptors (Lipinski definition) is 5. The number of rotatable bonds is 10. The van der Waals surface area contributed by atoms with Crippen molar-refractivity contribution in [3.8, 4) is 0 Å². The van der Waals surface area contributed by atoms with E-state index in [4.69, 9.17) is 15.2 Å². The summed E-state index contributed by atoms with van der Waals surface area (Å²) in [5, 5.41) is 0. The summed E-state index contributed by atoms with van der Waals surface area (Å²) < 4.78 is 9.98. The monoisotopic (exact) mass is 288 g/mol. The predicted octanol–water partition coefficient (Wildman–Crippen LogP) is 1.79. The summed E-state index contributed by atoms with van der Waals surface area (Å²) in [6, 6.07) is 0.678. The minimum atomic E-state index is -0.953. The summed E-state index contributed by atoms with van der Waals surface area (Å²) >= 11 is 0. The van der Waals surface area contributed by atoms with Crippen LogP contribution in [-0.2, 0) is 14.3 Å². The molecule has 0 heterocycles. The van der Waals surface area contributed by atoms with Crippen LogP contribution in [0.3, 0.4) is 0 Å². The summed E-state index contributed by atoms with van der Waals surface area (Å²) in [5.74, 6) is -0.361. The molecule has 0 aromatic rings. The molecule has 20 heavy (non-hydrogen) atoms. The Morgan fingerprint density at radius 3 is 2.25 bits per heavy atom. The topological polar surface area (TPSA) is 64.8 Å². The number of ether oxygens (including phenoxy) is 2. The maximum atomic E-state index is 11.7. The van der Waals surface area contributed by atoms with Crippen molar-refractivity contribution in [3.05, 3.63) is 0 Å². The van der Waals surface area contributed by atoms with E-state index < -0.39 is 5.54 Å². The molecule has 2 N–H and O–H groups in total. The van der Waals surface area contributed by atoms with Crippen LogP contribution in [0.2, 0.25) is 0 Å². The number of methoxy groups -OCH3 is 2. The first-order valence-corrected chi connectivity index (χ1v) is 7.45. The van der Waals surface area contributed by atoms with Crippen LogP contribution in [0.25, 0.3) is 0 Å². The zero-order chi connectivity index (χ0) is 15.8. The van der Waals surface area contributed by atoms with Crippen LogP contribution in [-0.4, -0.2) is 55.9 Å². The third-order valence-corrected chi connectivity index (χ3v) is 3.90. The second-order valence-corrected chi connectivity index (χ2v) is 5.66. The van der Waals surface area contributed by atoms with E-state index in [1.54, 1.807) is 14.0 Å². The lowest BCUT2D eigenvalue weighted by Gasteiger charge is -2.38. The van der Waals surface area contributed by atoms with Gasteiger partial charge in [-0.1, -0.05) is 13.8 Å². The molecule has 0 amide bonds. The molecule has 5 nitrogen and oxygen atoms in total. The lowest BCUT2D eigenvalue weighted by Crippen LogP contribution is -2.53. The summed E-state index contributed by atoms with van der Waals surface area (Å²) in [6.07, 6.45) is 2.72. The minimum Gasteiger partial charge on any atom is -0.468 e. The SMILES string of the molecule is CCC(CC)N(CCOC)C(C)CC(C)(N)C(=O)OC. The van der Waals surface area contributed by atoms with Crippen LogP contribution >= 0.6 is 0 Å². The van der Waals surface area contributed by atoms with Crippen molar-refractivity contribution in [1.82, 2.24) is 4.90 Å². The lowest BCUT2D eigenvalue weighted by atomic mass is 9.93. The Kier molecular flexibility index (Phi) is 9.01. The fourth-order valence-electron chi connectivity index (χ4n) is 2.76. The normalized spacial score (nSPS) is 16.2. The van der Waals surface area contributed by atoms with Crippen LogP contribution in [0.4, 0.5) is 0 Å². The van der Waals surface area contributed by atoms with Gasteiger partial charge in [0.1, 0.15) is 5.54 Å². The van der Waals surface area contributed by atoms with Crippen molar-refractivity contribution in [1.29, 1.82) is 0 Å². The third-order valence-electron chi connectivity index (χ3n) is 3.90. The number of nitrogens with two attached hydrogens (primary N) is 1. The number of hydrogen-bond donors (Lipinski definition) is 1. The molecule has 0 aliphatic carbocycles. The number of carbonyl (C=O) groups excluding carboxylic acids is 1. The van der Waals surface area contributed by atoms with Gasteiger partial charge in [0.15, 0.2) is 0 Å². The zero-order valence-corrected chi connectivity index (χ0v) is 13.9. The highest BCUT2D eigenvalue weighted by Gasteiger charge is 2.34. The van der Waals surface area contributed by atoms with Gasteiger partial charge < -0.3 is 15.2 Å². The second kappa shape index (κ2) is 9.32. The van der Waals surface area contributed by atoms with Crippen molar-refractivity contribution in [2.75, 3.05) is 27.4 Å². The Morgan fingerprint density at radius 2 is 1.85 bits per heavy atom. The second-order valence-electron chi connectivity index (χ2n) is 5.66. The summed E-state index contributed by atoms with van der Waals surface area (Å²) in [7, 11) is 3.08. The largest absolute Gasteiger partial charge is 0.468 e. The highest BCUT2D eigenvalue weighted by atomic mass is 16.5. The van der Waals surface area contributed by atoms with Crippen LogP contribution in [0.5, 0.6) is 0 Å². The Labute approximate surface area is 123 Å². The minimum absolute atomic E-state index is 0.198. The first kappa shape index (κ1) is 19.4. The van der Waals surface area contributed by atoms with Gasteiger partial charge in [-0.3, -0.25) is 9.69 Å². The maximum Gasteiger partial charge on any atom is 0.325 e. The van der Waals surface area contributed by atoms with Crippen LogP contribution in [0.15, 0.2) is 0 Å². The number of carbonyl (C=O) groups is 1. The highest BCUT2D eigenvalue weighted by Crippen LogP contribution is 2.20. The zero-order valence-electron chi connectivity index (χ0n) is 13.9. The molecule has 0 aromatic heterocycles. The number of nitrogens with zero attached hydrogens (tertiary/aromatic N) is 1. The molecule has 0 fully saturated rings. The molecule has 0 aliphatic rings. The smallest absolute Gasteiger partial charge is 0.325 e. The summed E-state index contributed by atoms with van der Waals surface area (Å²) in [6.45, 7) is 9.74. The van der Waals surface area contributed by atoms with Crippen molar-refractivity contribution in [2.24, 2.45) is 5.73 Å². The molecule has 0 saturated carbocycles. The van der Waals surface area contributed by atoms with Gasteiger partial charge in [0.25, 0.3) is 0 Å².